The topological polar surface area (TPSA) is 55.4 Å². The number of sulfone groups is 1. The van der Waals surface area contributed by atoms with Gasteiger partial charge in [0, 0.05) is 18.8 Å². The summed E-state index contributed by atoms with van der Waals surface area (Å²) < 4.78 is 50.4. The number of nitrogens with one attached hydrogen (secondary N) is 1. The molecule has 0 saturated heterocycles. The molecule has 0 fully saturated rings. The van der Waals surface area contributed by atoms with Gasteiger partial charge in [0.1, 0.15) is 15.6 Å². The highest BCUT2D eigenvalue weighted by atomic mass is 32.2. The van der Waals surface area contributed by atoms with E-state index in [-0.39, 0.29) is 17.5 Å². The summed E-state index contributed by atoms with van der Waals surface area (Å²) in [6.07, 6.45) is 1.16. The fourth-order valence-electron chi connectivity index (χ4n) is 1.54. The molecule has 0 amide bonds. The van der Waals surface area contributed by atoms with Crippen LogP contribution in [-0.2, 0) is 9.84 Å². The van der Waals surface area contributed by atoms with Crippen molar-refractivity contribution in [3.05, 3.63) is 29.8 Å². The third-order valence-electron chi connectivity index (χ3n) is 2.51. The van der Waals surface area contributed by atoms with E-state index in [9.17, 15) is 17.2 Å². The monoisotopic (exact) mass is 293 g/mol. The third-order valence-corrected chi connectivity index (χ3v) is 3.45. The summed E-state index contributed by atoms with van der Waals surface area (Å²) in [5.41, 5.74) is 0.756. The summed E-state index contributed by atoms with van der Waals surface area (Å²) in [6.45, 7) is -0.729. The van der Waals surface area contributed by atoms with E-state index in [1.807, 2.05) is 6.92 Å². The molecular weight excluding hydrogens is 276 g/mol. The molecular formula is C12H17F2NO3S. The Bertz CT molecular complexity index is 505. The molecule has 19 heavy (non-hydrogen) atoms. The highest BCUT2D eigenvalue weighted by Gasteiger charge is 2.09. The molecule has 0 aliphatic heterocycles. The number of benzene rings is 1. The predicted octanol–water partition coefficient (Wildman–Crippen LogP) is 1.98. The molecule has 108 valence electrons. The minimum absolute atomic E-state index is 0.0323. The van der Waals surface area contributed by atoms with Gasteiger partial charge in [-0.05, 0) is 24.6 Å². The highest BCUT2D eigenvalue weighted by molar-refractivity contribution is 7.90. The van der Waals surface area contributed by atoms with Gasteiger partial charge in [0.2, 0.25) is 0 Å². The fourth-order valence-corrected chi connectivity index (χ4v) is 2.03. The average Bonchev–Trinajstić information content (AvgIpc) is 2.26. The van der Waals surface area contributed by atoms with Gasteiger partial charge in [-0.3, -0.25) is 0 Å². The molecule has 0 heterocycles. The Morgan fingerprint density at radius 2 is 2.05 bits per heavy atom. The Kier molecular flexibility index (Phi) is 5.68. The van der Waals surface area contributed by atoms with Gasteiger partial charge in [-0.15, -0.1) is 0 Å². The first kappa shape index (κ1) is 15.8. The number of rotatable bonds is 7. The zero-order valence-corrected chi connectivity index (χ0v) is 11.6. The smallest absolute Gasteiger partial charge is 0.387 e. The van der Waals surface area contributed by atoms with E-state index in [0.717, 1.165) is 11.8 Å². The molecule has 0 spiro atoms. The first-order chi connectivity index (χ1) is 8.78. The third kappa shape index (κ3) is 6.49. The van der Waals surface area contributed by atoms with Crippen LogP contribution in [0.4, 0.5) is 8.78 Å². The second kappa shape index (κ2) is 6.81. The van der Waals surface area contributed by atoms with E-state index >= 15 is 0 Å². The predicted molar refractivity (Wildman–Crippen MR) is 69.2 cm³/mol. The van der Waals surface area contributed by atoms with E-state index in [4.69, 9.17) is 0 Å². The van der Waals surface area contributed by atoms with Gasteiger partial charge in [0.15, 0.2) is 0 Å². The van der Waals surface area contributed by atoms with Gasteiger partial charge in [0.25, 0.3) is 0 Å². The van der Waals surface area contributed by atoms with Crippen LogP contribution in [0.2, 0.25) is 0 Å². The van der Waals surface area contributed by atoms with Crippen LogP contribution < -0.4 is 10.1 Å². The van der Waals surface area contributed by atoms with Crippen LogP contribution in [0.3, 0.4) is 0 Å². The van der Waals surface area contributed by atoms with Crippen molar-refractivity contribution < 1.29 is 21.9 Å². The first-order valence-electron chi connectivity index (χ1n) is 5.74. The van der Waals surface area contributed by atoms with Gasteiger partial charge in [-0.1, -0.05) is 12.1 Å². The standard InChI is InChI=1S/C12H17F2NO3S/c1-9(15-6-7-19(2,16)17)10-4-3-5-11(8-10)18-12(13)14/h3-5,8-9,12,15H,6-7H2,1-2H3. The number of hydrogen-bond donors (Lipinski definition) is 1. The molecule has 0 aromatic heterocycles. The molecule has 0 radical (unpaired) electrons. The Morgan fingerprint density at radius 3 is 2.63 bits per heavy atom. The Labute approximate surface area is 111 Å². The molecule has 4 nitrogen and oxygen atoms in total. The molecule has 1 aromatic rings. The second-order valence-electron chi connectivity index (χ2n) is 4.26. The van der Waals surface area contributed by atoms with E-state index < -0.39 is 16.4 Å². The number of hydrogen-bond acceptors (Lipinski definition) is 4. The van der Waals surface area contributed by atoms with E-state index in [2.05, 4.69) is 10.1 Å². The highest BCUT2D eigenvalue weighted by Crippen LogP contribution is 2.20. The lowest BCUT2D eigenvalue weighted by Gasteiger charge is -2.15. The van der Waals surface area contributed by atoms with Crippen LogP contribution in [0.1, 0.15) is 18.5 Å². The van der Waals surface area contributed by atoms with Gasteiger partial charge >= 0.3 is 6.61 Å². The van der Waals surface area contributed by atoms with Crippen LogP contribution in [0.25, 0.3) is 0 Å². The molecule has 0 aliphatic rings. The second-order valence-corrected chi connectivity index (χ2v) is 6.52. The summed E-state index contributed by atoms with van der Waals surface area (Å²) in [4.78, 5) is 0. The maximum absolute atomic E-state index is 12.1. The normalized spacial score (nSPS) is 13.5. The molecule has 7 heteroatoms. The van der Waals surface area contributed by atoms with Crippen LogP contribution in [0.5, 0.6) is 5.75 Å². The Hall–Kier alpha value is -1.21. The maximum atomic E-state index is 12.1. The van der Waals surface area contributed by atoms with Crippen molar-refractivity contribution in [1.29, 1.82) is 0 Å². The van der Waals surface area contributed by atoms with E-state index in [0.29, 0.717) is 6.54 Å². The molecule has 0 bridgehead atoms. The largest absolute Gasteiger partial charge is 0.435 e. The summed E-state index contributed by atoms with van der Waals surface area (Å²) in [6, 6.07) is 6.17. The first-order valence-corrected chi connectivity index (χ1v) is 7.80. The lowest BCUT2D eigenvalue weighted by atomic mass is 10.1. The fraction of sp³-hybridized carbons (Fsp3) is 0.500. The van der Waals surface area contributed by atoms with Crippen LogP contribution in [-0.4, -0.2) is 33.6 Å². The molecule has 0 saturated carbocycles. The van der Waals surface area contributed by atoms with Crippen molar-refractivity contribution in [3.63, 3.8) is 0 Å². The van der Waals surface area contributed by atoms with Gasteiger partial charge in [-0.25, -0.2) is 8.42 Å². The van der Waals surface area contributed by atoms with Crippen molar-refractivity contribution in [2.24, 2.45) is 0 Å². The van der Waals surface area contributed by atoms with Crippen LogP contribution in [0, 0.1) is 0 Å². The van der Waals surface area contributed by atoms with E-state index in [1.54, 1.807) is 12.1 Å². The molecule has 1 atom stereocenters. The van der Waals surface area contributed by atoms with Gasteiger partial charge < -0.3 is 10.1 Å². The Balaban J connectivity index is 2.59. The molecule has 1 N–H and O–H groups in total. The van der Waals surface area contributed by atoms with Crippen molar-refractivity contribution in [3.8, 4) is 5.75 Å². The number of halogens is 2. The summed E-state index contributed by atoms with van der Waals surface area (Å²) in [5.74, 6) is 0.120. The lowest BCUT2D eigenvalue weighted by molar-refractivity contribution is -0.0499. The minimum atomic E-state index is -3.01. The summed E-state index contributed by atoms with van der Waals surface area (Å²) in [5, 5.41) is 3.01. The zero-order valence-electron chi connectivity index (χ0n) is 10.8. The van der Waals surface area contributed by atoms with Crippen LogP contribution in [0.15, 0.2) is 24.3 Å². The van der Waals surface area contributed by atoms with Crippen molar-refractivity contribution in [2.45, 2.75) is 19.6 Å². The quantitative estimate of drug-likeness (QED) is 0.835. The Morgan fingerprint density at radius 1 is 1.37 bits per heavy atom. The number of ether oxygens (including phenoxy) is 1. The van der Waals surface area contributed by atoms with Crippen LogP contribution >= 0.6 is 0 Å². The lowest BCUT2D eigenvalue weighted by Crippen LogP contribution is -2.25. The maximum Gasteiger partial charge on any atom is 0.387 e. The summed E-state index contributed by atoms with van der Waals surface area (Å²) >= 11 is 0. The van der Waals surface area contributed by atoms with Gasteiger partial charge in [0.05, 0.1) is 5.75 Å². The van der Waals surface area contributed by atoms with Crippen molar-refractivity contribution >= 4 is 9.84 Å². The van der Waals surface area contributed by atoms with Gasteiger partial charge in [-0.2, -0.15) is 8.78 Å². The number of alkyl halides is 2. The molecule has 0 aliphatic carbocycles. The summed E-state index contributed by atoms with van der Waals surface area (Å²) in [7, 11) is -3.01. The van der Waals surface area contributed by atoms with E-state index in [1.165, 1.54) is 12.1 Å². The molecule has 1 unspecified atom stereocenters. The van der Waals surface area contributed by atoms with Crippen molar-refractivity contribution in [1.82, 2.24) is 5.32 Å². The van der Waals surface area contributed by atoms with Crippen molar-refractivity contribution in [2.75, 3.05) is 18.6 Å². The average molecular weight is 293 g/mol. The minimum Gasteiger partial charge on any atom is -0.435 e. The SMILES string of the molecule is CC(NCCS(C)(=O)=O)c1cccc(OC(F)F)c1. The molecule has 1 aromatic carbocycles. The zero-order chi connectivity index (χ0) is 14.5. The molecule has 1 rings (SSSR count).